The third-order valence-electron chi connectivity index (χ3n) is 6.72. The van der Waals surface area contributed by atoms with Crippen molar-refractivity contribution in [3.05, 3.63) is 35.9 Å². The van der Waals surface area contributed by atoms with E-state index < -0.39 is 0 Å². The zero-order chi connectivity index (χ0) is 22.2. The first-order valence-corrected chi connectivity index (χ1v) is 12.0. The molecule has 1 saturated carbocycles. The molecule has 1 heterocycles. The molecule has 1 aromatic rings. The van der Waals surface area contributed by atoms with Crippen molar-refractivity contribution in [2.75, 3.05) is 39.3 Å². The fourth-order valence-electron chi connectivity index (χ4n) is 4.89. The molecule has 0 radical (unpaired) electrons. The Morgan fingerprint density at radius 3 is 2.29 bits per heavy atom. The summed E-state index contributed by atoms with van der Waals surface area (Å²) in [6.07, 6.45) is 4.20. The van der Waals surface area contributed by atoms with Crippen molar-refractivity contribution in [3.8, 4) is 0 Å². The van der Waals surface area contributed by atoms with Crippen molar-refractivity contribution >= 4 is 11.8 Å². The number of benzene rings is 1. The van der Waals surface area contributed by atoms with Gasteiger partial charge in [0.1, 0.15) is 0 Å². The number of nitrogens with zero attached hydrogens (tertiary/aromatic N) is 2. The van der Waals surface area contributed by atoms with Gasteiger partial charge in [-0.25, -0.2) is 0 Å². The van der Waals surface area contributed by atoms with E-state index in [1.54, 1.807) is 0 Å². The van der Waals surface area contributed by atoms with Gasteiger partial charge in [-0.1, -0.05) is 44.2 Å². The van der Waals surface area contributed by atoms with Gasteiger partial charge >= 0.3 is 0 Å². The van der Waals surface area contributed by atoms with Crippen molar-refractivity contribution in [3.63, 3.8) is 0 Å². The molecule has 0 spiro atoms. The van der Waals surface area contributed by atoms with Crippen LogP contribution in [0.5, 0.6) is 0 Å². The summed E-state index contributed by atoms with van der Waals surface area (Å²) < 4.78 is 0. The Bertz CT molecular complexity index is 693. The minimum Gasteiger partial charge on any atom is -0.356 e. The molecule has 2 amide bonds. The molecule has 0 bridgehead atoms. The molecular weight excluding hydrogens is 388 g/mol. The third kappa shape index (κ3) is 7.32. The Morgan fingerprint density at radius 2 is 1.68 bits per heavy atom. The van der Waals surface area contributed by atoms with E-state index in [1.165, 1.54) is 0 Å². The van der Waals surface area contributed by atoms with Crippen LogP contribution in [0.25, 0.3) is 0 Å². The monoisotopic (exact) mass is 428 g/mol. The van der Waals surface area contributed by atoms with Crippen LogP contribution in [0.2, 0.25) is 0 Å². The highest BCUT2D eigenvalue weighted by molar-refractivity contribution is 5.79. The Morgan fingerprint density at radius 1 is 1.03 bits per heavy atom. The molecule has 1 unspecified atom stereocenters. The summed E-state index contributed by atoms with van der Waals surface area (Å²) in [4.78, 5) is 29.8. The smallest absolute Gasteiger partial charge is 0.225 e. The lowest BCUT2D eigenvalue weighted by molar-refractivity contribution is -0.138. The largest absolute Gasteiger partial charge is 0.356 e. The van der Waals surface area contributed by atoms with E-state index in [-0.39, 0.29) is 17.9 Å². The van der Waals surface area contributed by atoms with Crippen molar-refractivity contribution in [2.45, 2.75) is 52.0 Å². The molecule has 3 rings (SSSR count). The maximum atomic E-state index is 12.9. The number of hydrogen-bond acceptors (Lipinski definition) is 4. The van der Waals surface area contributed by atoms with Crippen LogP contribution in [0.1, 0.15) is 57.6 Å². The fourth-order valence-corrected chi connectivity index (χ4v) is 4.89. The minimum absolute atomic E-state index is 0.00817. The standard InChI is InChI=1S/C25H40N4O2/c1-19(2)18-28-12-14-29(15-13-28)25(31)22-10-8-20(9-11-22)17-27-24(30)16-23(26)21-6-4-3-5-7-21/h3-7,19-20,22-23H,8-18,26H2,1-2H3,(H,27,30). The van der Waals surface area contributed by atoms with Gasteiger partial charge in [0.15, 0.2) is 0 Å². The summed E-state index contributed by atoms with van der Waals surface area (Å²) in [6, 6.07) is 9.48. The normalized spacial score (nSPS) is 23.5. The highest BCUT2D eigenvalue weighted by Crippen LogP contribution is 2.30. The van der Waals surface area contributed by atoms with E-state index >= 15 is 0 Å². The lowest BCUT2D eigenvalue weighted by Gasteiger charge is -2.38. The Labute approximate surface area is 187 Å². The van der Waals surface area contributed by atoms with Crippen LogP contribution >= 0.6 is 0 Å². The van der Waals surface area contributed by atoms with Gasteiger partial charge in [-0.05, 0) is 43.1 Å². The van der Waals surface area contributed by atoms with Crippen molar-refractivity contribution in [2.24, 2.45) is 23.5 Å². The first kappa shape index (κ1) is 23.7. The second-order valence-corrected chi connectivity index (χ2v) is 9.76. The molecular formula is C25H40N4O2. The lowest BCUT2D eigenvalue weighted by Crippen LogP contribution is -2.51. The second-order valence-electron chi connectivity index (χ2n) is 9.76. The highest BCUT2D eigenvalue weighted by Gasteiger charge is 2.31. The van der Waals surface area contributed by atoms with E-state index in [0.717, 1.165) is 64.0 Å². The van der Waals surface area contributed by atoms with Crippen molar-refractivity contribution in [1.29, 1.82) is 0 Å². The number of nitrogens with two attached hydrogens (primary N) is 1. The van der Waals surface area contributed by atoms with Gasteiger partial charge in [0.2, 0.25) is 11.8 Å². The summed E-state index contributed by atoms with van der Waals surface area (Å²) in [5.74, 6) is 1.65. The van der Waals surface area contributed by atoms with Gasteiger partial charge in [-0.2, -0.15) is 0 Å². The number of carbonyl (C=O) groups is 2. The number of piperazine rings is 1. The number of amides is 2. The van der Waals surface area contributed by atoms with Crippen LogP contribution in [0.15, 0.2) is 30.3 Å². The molecule has 1 atom stereocenters. The fraction of sp³-hybridized carbons (Fsp3) is 0.680. The van der Waals surface area contributed by atoms with Crippen LogP contribution in [0.3, 0.4) is 0 Å². The van der Waals surface area contributed by atoms with Gasteiger partial charge in [0.05, 0.1) is 0 Å². The summed E-state index contributed by atoms with van der Waals surface area (Å²) in [5.41, 5.74) is 7.14. The SMILES string of the molecule is CC(C)CN1CCN(C(=O)C2CCC(CNC(=O)CC(N)c3ccccc3)CC2)CC1. The Hall–Kier alpha value is -1.92. The van der Waals surface area contributed by atoms with Gasteiger partial charge in [-0.3, -0.25) is 14.5 Å². The van der Waals surface area contributed by atoms with E-state index in [2.05, 4.69) is 29.0 Å². The molecule has 1 saturated heterocycles. The Kier molecular flexibility index (Phi) is 8.90. The van der Waals surface area contributed by atoms with Crippen LogP contribution in [0, 0.1) is 17.8 Å². The predicted molar refractivity (Wildman–Crippen MR) is 124 cm³/mol. The first-order chi connectivity index (χ1) is 14.9. The quantitative estimate of drug-likeness (QED) is 0.667. The zero-order valence-electron chi connectivity index (χ0n) is 19.3. The van der Waals surface area contributed by atoms with Gasteiger partial charge < -0.3 is 16.0 Å². The van der Waals surface area contributed by atoms with Crippen LogP contribution in [-0.4, -0.2) is 60.9 Å². The molecule has 1 aliphatic heterocycles. The van der Waals surface area contributed by atoms with Crippen molar-refractivity contribution in [1.82, 2.24) is 15.1 Å². The average molecular weight is 429 g/mol. The van der Waals surface area contributed by atoms with Crippen LogP contribution in [-0.2, 0) is 9.59 Å². The maximum absolute atomic E-state index is 12.9. The topological polar surface area (TPSA) is 78.7 Å². The summed E-state index contributed by atoms with van der Waals surface area (Å²) in [5, 5.41) is 3.06. The zero-order valence-corrected chi connectivity index (χ0v) is 19.3. The number of carbonyl (C=O) groups excluding carboxylic acids is 2. The van der Waals surface area contributed by atoms with Crippen LogP contribution < -0.4 is 11.1 Å². The summed E-state index contributed by atoms with van der Waals surface area (Å²) >= 11 is 0. The highest BCUT2D eigenvalue weighted by atomic mass is 16.2. The van der Waals surface area contributed by atoms with Crippen molar-refractivity contribution < 1.29 is 9.59 Å². The number of hydrogen-bond donors (Lipinski definition) is 2. The molecule has 172 valence electrons. The molecule has 6 nitrogen and oxygen atoms in total. The van der Waals surface area contributed by atoms with E-state index in [9.17, 15) is 9.59 Å². The average Bonchev–Trinajstić information content (AvgIpc) is 2.78. The molecule has 2 aliphatic rings. The molecule has 31 heavy (non-hydrogen) atoms. The predicted octanol–water partition coefficient (Wildman–Crippen LogP) is 2.80. The lowest BCUT2D eigenvalue weighted by atomic mass is 9.81. The molecule has 1 aliphatic carbocycles. The van der Waals surface area contributed by atoms with Gasteiger partial charge in [-0.15, -0.1) is 0 Å². The summed E-state index contributed by atoms with van der Waals surface area (Å²) in [6.45, 7) is 10.0. The molecule has 6 heteroatoms. The maximum Gasteiger partial charge on any atom is 0.225 e. The van der Waals surface area contributed by atoms with E-state index in [1.807, 2.05) is 30.3 Å². The number of rotatable bonds is 8. The Balaban J connectivity index is 1.33. The third-order valence-corrected chi connectivity index (χ3v) is 6.72. The van der Waals surface area contributed by atoms with Gasteiger partial charge in [0, 0.05) is 57.6 Å². The van der Waals surface area contributed by atoms with E-state index in [0.29, 0.717) is 30.7 Å². The second kappa shape index (κ2) is 11.6. The minimum atomic E-state index is -0.268. The number of nitrogens with one attached hydrogen (secondary N) is 1. The molecule has 0 aromatic heterocycles. The molecule has 1 aromatic carbocycles. The van der Waals surface area contributed by atoms with E-state index in [4.69, 9.17) is 5.73 Å². The first-order valence-electron chi connectivity index (χ1n) is 12.0. The molecule has 2 fully saturated rings. The summed E-state index contributed by atoms with van der Waals surface area (Å²) in [7, 11) is 0. The van der Waals surface area contributed by atoms with Gasteiger partial charge in [0.25, 0.3) is 0 Å². The van der Waals surface area contributed by atoms with Crippen LogP contribution in [0.4, 0.5) is 0 Å². The molecule has 3 N–H and O–H groups in total.